The largest absolute Gasteiger partial charge is 0.468 e. The van der Waals surface area contributed by atoms with Gasteiger partial charge in [0.05, 0.1) is 24.6 Å². The second-order valence-electron chi connectivity index (χ2n) is 8.01. The van der Waals surface area contributed by atoms with Crippen molar-refractivity contribution in [3.8, 4) is 5.88 Å². The maximum atomic E-state index is 12.3. The lowest BCUT2D eigenvalue weighted by atomic mass is 10.2. The normalized spacial score (nSPS) is 19.3. The number of hydrogen-bond donors (Lipinski definition) is 4. The van der Waals surface area contributed by atoms with Crippen molar-refractivity contribution < 1.29 is 24.5 Å². The van der Waals surface area contributed by atoms with Gasteiger partial charge in [0.1, 0.15) is 18.7 Å². The molecule has 3 aromatic heterocycles. The second kappa shape index (κ2) is 11.6. The Bertz CT molecular complexity index is 1450. The molecule has 4 N–H and O–H groups in total. The molecule has 3 atom stereocenters. The van der Waals surface area contributed by atoms with Gasteiger partial charge in [0.2, 0.25) is 18.3 Å². The number of carbonyl (C=O) groups excluding carboxylic acids is 1. The van der Waals surface area contributed by atoms with Crippen LogP contribution in [0.15, 0.2) is 34.5 Å². The van der Waals surface area contributed by atoms with Gasteiger partial charge in [-0.15, -0.1) is 0 Å². The van der Waals surface area contributed by atoms with Crippen molar-refractivity contribution >= 4 is 23.1 Å². The van der Waals surface area contributed by atoms with Crippen molar-refractivity contribution in [3.05, 3.63) is 62.7 Å². The van der Waals surface area contributed by atoms with E-state index in [4.69, 9.17) is 16.0 Å². The number of ether oxygens (including phenoxy) is 2. The summed E-state index contributed by atoms with van der Waals surface area (Å²) in [5, 5.41) is 21.8. The zero-order chi connectivity index (χ0) is 26.4. The molecule has 4 rings (SSSR count). The van der Waals surface area contributed by atoms with Crippen LogP contribution < -0.4 is 21.3 Å². The van der Waals surface area contributed by atoms with Crippen LogP contribution in [0.25, 0.3) is 22.1 Å². The lowest BCUT2D eigenvalue weighted by molar-refractivity contribution is -0.116. The first-order chi connectivity index (χ1) is 17.9. The fourth-order valence-electron chi connectivity index (χ4n) is 3.72. The molecule has 0 aliphatic carbocycles. The Kier molecular flexibility index (Phi) is 8.03. The van der Waals surface area contributed by atoms with E-state index in [0.29, 0.717) is 17.7 Å². The van der Waals surface area contributed by atoms with Gasteiger partial charge >= 0.3 is 5.69 Å². The van der Waals surface area contributed by atoms with Gasteiger partial charge in [-0.3, -0.25) is 19.1 Å². The first-order valence-electron chi connectivity index (χ1n) is 11.3. The lowest BCUT2D eigenvalue weighted by Gasteiger charge is -2.14. The number of aliphatic hydroxyl groups excluding tert-OH is 2. The van der Waals surface area contributed by atoms with Gasteiger partial charge in [0, 0.05) is 31.8 Å². The van der Waals surface area contributed by atoms with Crippen molar-refractivity contribution in [1.82, 2.24) is 34.4 Å². The minimum absolute atomic E-state index is 0.0309. The molecule has 15 heteroatoms. The zero-order valence-electron chi connectivity index (χ0n) is 19.5. The molecule has 37 heavy (non-hydrogen) atoms. The van der Waals surface area contributed by atoms with E-state index in [1.807, 2.05) is 0 Å². The number of aromatic amines is 1. The van der Waals surface area contributed by atoms with Gasteiger partial charge in [0.15, 0.2) is 17.8 Å². The average Bonchev–Trinajstić information content (AvgIpc) is 3.47. The smallest absolute Gasteiger partial charge is 0.330 e. The summed E-state index contributed by atoms with van der Waals surface area (Å²) in [7, 11) is 0. The predicted molar refractivity (Wildman–Crippen MR) is 127 cm³/mol. The topological polar surface area (TPSA) is 191 Å². The lowest BCUT2D eigenvalue weighted by Crippen LogP contribution is -2.33. The van der Waals surface area contributed by atoms with Crippen molar-refractivity contribution in [3.63, 3.8) is 0 Å². The van der Waals surface area contributed by atoms with Gasteiger partial charge in [-0.1, -0.05) is 0 Å². The molecule has 4 heterocycles. The van der Waals surface area contributed by atoms with Gasteiger partial charge in [0.25, 0.3) is 5.56 Å². The fraction of sp³-hybridized carbons (Fsp3) is 0.409. The number of imidazole rings is 1. The maximum Gasteiger partial charge on any atom is 0.330 e. The van der Waals surface area contributed by atoms with Crippen molar-refractivity contribution in [2.45, 2.75) is 31.4 Å². The van der Waals surface area contributed by atoms with E-state index in [0.717, 1.165) is 10.6 Å². The predicted octanol–water partition coefficient (Wildman–Crippen LogP) is -1.56. The van der Waals surface area contributed by atoms with E-state index >= 15 is 0 Å². The van der Waals surface area contributed by atoms with Crippen molar-refractivity contribution in [1.29, 1.82) is 0 Å². The molecule has 0 bridgehead atoms. The summed E-state index contributed by atoms with van der Waals surface area (Å²) in [5.41, 5.74) is -0.449. The Morgan fingerprint density at radius 3 is 2.97 bits per heavy atom. The Hall–Kier alpha value is -4.39. The number of hydrogen-bond acceptors (Lipinski definition) is 10. The summed E-state index contributed by atoms with van der Waals surface area (Å²) >= 11 is 0. The molecule has 0 spiro atoms. The molecule has 194 valence electrons. The molecule has 1 amide bonds. The number of carbonyl (C=O) groups is 1. The molecule has 3 aromatic rings. The Morgan fingerprint density at radius 1 is 1.38 bits per heavy atom. The number of aromatic nitrogens is 6. The van der Waals surface area contributed by atoms with Crippen LogP contribution in [0.5, 0.6) is 5.88 Å². The fourth-order valence-corrected chi connectivity index (χ4v) is 3.72. The molecular formula is C22H24N8O7. The highest BCUT2D eigenvalue weighted by Crippen LogP contribution is 2.27. The Morgan fingerprint density at radius 2 is 2.22 bits per heavy atom. The van der Waals surface area contributed by atoms with Crippen LogP contribution >= 0.6 is 0 Å². The van der Waals surface area contributed by atoms with E-state index < -0.39 is 42.2 Å². The van der Waals surface area contributed by atoms with Gasteiger partial charge in [-0.2, -0.15) is 4.98 Å². The van der Waals surface area contributed by atoms with E-state index in [2.05, 4.69) is 30.1 Å². The number of rotatable bonds is 10. The van der Waals surface area contributed by atoms with Crippen LogP contribution in [0, 0.1) is 6.57 Å². The monoisotopic (exact) mass is 512 g/mol. The SMILES string of the molecule is [C-]#[N+]CCOc1ncnc2c1ncn2CCNC(=O)/C=C/c1cn([C@H]2CC(O)[C@@H](CO)O2)c(=O)[nH]c1=O. The molecule has 1 aliphatic rings. The summed E-state index contributed by atoms with van der Waals surface area (Å²) in [6.07, 6.45) is 3.90. The molecule has 1 aliphatic heterocycles. The number of aliphatic hydroxyl groups is 2. The van der Waals surface area contributed by atoms with Crippen LogP contribution in [-0.4, -0.2) is 83.7 Å². The first-order valence-corrected chi connectivity index (χ1v) is 11.3. The third-order valence-electron chi connectivity index (χ3n) is 5.57. The molecule has 0 aromatic carbocycles. The minimum Gasteiger partial charge on any atom is -0.468 e. The van der Waals surface area contributed by atoms with E-state index in [1.54, 1.807) is 4.57 Å². The number of H-pyrrole nitrogens is 1. The molecular weight excluding hydrogens is 488 g/mol. The average molecular weight is 512 g/mol. The van der Waals surface area contributed by atoms with E-state index in [9.17, 15) is 24.6 Å². The van der Waals surface area contributed by atoms with Crippen molar-refractivity contribution in [2.24, 2.45) is 0 Å². The third-order valence-corrected chi connectivity index (χ3v) is 5.57. The summed E-state index contributed by atoms with van der Waals surface area (Å²) in [6.45, 7) is 7.34. The first kappa shape index (κ1) is 25.7. The van der Waals surface area contributed by atoms with Crippen LogP contribution in [0.4, 0.5) is 0 Å². The highest BCUT2D eigenvalue weighted by atomic mass is 16.5. The molecule has 0 radical (unpaired) electrons. The van der Waals surface area contributed by atoms with E-state index in [-0.39, 0.29) is 37.6 Å². The molecule has 1 fully saturated rings. The third kappa shape index (κ3) is 5.89. The number of fused-ring (bicyclic) bond motifs is 1. The van der Waals surface area contributed by atoms with Crippen LogP contribution in [0.3, 0.4) is 0 Å². The maximum absolute atomic E-state index is 12.3. The summed E-state index contributed by atoms with van der Waals surface area (Å²) in [6, 6.07) is 0. The van der Waals surface area contributed by atoms with Crippen molar-refractivity contribution in [2.75, 3.05) is 26.3 Å². The van der Waals surface area contributed by atoms with Gasteiger partial charge in [-0.05, 0) is 6.08 Å². The number of nitrogens with one attached hydrogen (secondary N) is 2. The van der Waals surface area contributed by atoms with Crippen LogP contribution in [-0.2, 0) is 16.1 Å². The Labute approximate surface area is 208 Å². The van der Waals surface area contributed by atoms with Gasteiger partial charge < -0.3 is 34.4 Å². The number of amides is 1. The quantitative estimate of drug-likeness (QED) is 0.140. The molecule has 1 unspecified atom stereocenters. The zero-order valence-corrected chi connectivity index (χ0v) is 19.5. The standard InChI is InChI=1S/C22H24N8O7/c1-23-5-7-36-21-18-19(25-11-26-21)29(12-27-18)6-4-24-16(33)3-2-13-9-30(22(35)28-20(13)34)17-8-14(32)15(10-31)37-17/h2-3,9,11-12,14-15,17,31-32H,4-8,10H2,(H,24,33)(H,28,34,35)/b3-2+/t14?,15-,17-/m1/s1. The number of nitrogens with zero attached hydrogens (tertiary/aromatic N) is 6. The van der Waals surface area contributed by atoms with Gasteiger partial charge in [-0.25, -0.2) is 21.3 Å². The Balaban J connectivity index is 1.37. The highest BCUT2D eigenvalue weighted by Gasteiger charge is 2.35. The molecule has 15 nitrogen and oxygen atoms in total. The summed E-state index contributed by atoms with van der Waals surface area (Å²) < 4.78 is 13.7. The second-order valence-corrected chi connectivity index (χ2v) is 8.01. The highest BCUT2D eigenvalue weighted by molar-refractivity contribution is 5.91. The summed E-state index contributed by atoms with van der Waals surface area (Å²) in [5.74, 6) is -0.206. The summed E-state index contributed by atoms with van der Waals surface area (Å²) in [4.78, 5) is 54.5. The minimum atomic E-state index is -0.957. The molecule has 0 saturated carbocycles. The molecule has 1 saturated heterocycles. The van der Waals surface area contributed by atoms with Crippen LogP contribution in [0.1, 0.15) is 18.2 Å². The van der Waals surface area contributed by atoms with Crippen LogP contribution in [0.2, 0.25) is 0 Å². The van der Waals surface area contributed by atoms with E-state index in [1.165, 1.54) is 24.9 Å².